The number of anilines is 3. The van der Waals surface area contributed by atoms with Crippen LogP contribution in [0.2, 0.25) is 5.02 Å². The number of nitrogens with one attached hydrogen (secondary N) is 2. The molecule has 0 amide bonds. The van der Waals surface area contributed by atoms with Crippen molar-refractivity contribution < 1.29 is 4.39 Å². The van der Waals surface area contributed by atoms with E-state index in [4.69, 9.17) is 11.6 Å². The minimum absolute atomic E-state index is 0.302. The van der Waals surface area contributed by atoms with Gasteiger partial charge in [-0.05, 0) is 32.9 Å². The molecule has 2 N–H and O–H groups in total. The fraction of sp³-hybridized carbons (Fsp3) is 0.364. The van der Waals surface area contributed by atoms with Crippen molar-refractivity contribution >= 4 is 45.3 Å². The maximum Gasteiger partial charge on any atom is 0.173 e. The van der Waals surface area contributed by atoms with Gasteiger partial charge in [-0.25, -0.2) is 9.37 Å². The fourth-order valence-electron chi connectivity index (χ4n) is 4.51. The van der Waals surface area contributed by atoms with Crippen molar-refractivity contribution in [2.24, 2.45) is 7.05 Å². The molecule has 162 valence electrons. The molecule has 5 rings (SSSR count). The second kappa shape index (κ2) is 7.39. The molecule has 7 nitrogen and oxygen atoms in total. The van der Waals surface area contributed by atoms with E-state index in [1.165, 1.54) is 6.07 Å². The molecule has 2 atom stereocenters. The lowest BCUT2D eigenvalue weighted by atomic mass is 10.1. The first-order valence-corrected chi connectivity index (χ1v) is 10.8. The Morgan fingerprint density at radius 2 is 1.90 bits per heavy atom. The maximum absolute atomic E-state index is 14.5. The van der Waals surface area contributed by atoms with E-state index < -0.39 is 5.82 Å². The van der Waals surface area contributed by atoms with Crippen LogP contribution in [0.3, 0.4) is 0 Å². The summed E-state index contributed by atoms with van der Waals surface area (Å²) in [6.45, 7) is 8.04. The van der Waals surface area contributed by atoms with Crippen LogP contribution < -0.4 is 15.5 Å². The van der Waals surface area contributed by atoms with Gasteiger partial charge in [0.1, 0.15) is 0 Å². The molecule has 4 heterocycles. The van der Waals surface area contributed by atoms with Crippen LogP contribution in [0.4, 0.5) is 21.6 Å². The topological polar surface area (TPSA) is 62.4 Å². The fourth-order valence-corrected chi connectivity index (χ4v) is 4.81. The lowest BCUT2D eigenvalue weighted by molar-refractivity contribution is 0.407. The van der Waals surface area contributed by atoms with E-state index in [0.717, 1.165) is 35.4 Å². The summed E-state index contributed by atoms with van der Waals surface area (Å²) in [6, 6.07) is 6.34. The third-order valence-corrected chi connectivity index (χ3v) is 6.00. The highest BCUT2D eigenvalue weighted by atomic mass is 35.5. The minimum Gasteiger partial charge on any atom is -0.368 e. The Kier molecular flexibility index (Phi) is 4.79. The second-order valence-corrected chi connectivity index (χ2v) is 8.89. The van der Waals surface area contributed by atoms with Crippen molar-refractivity contribution in [2.75, 3.05) is 23.3 Å². The summed E-state index contributed by atoms with van der Waals surface area (Å²) < 4.78 is 18.0. The minimum atomic E-state index is -0.395. The van der Waals surface area contributed by atoms with E-state index in [2.05, 4.69) is 45.5 Å². The smallest absolute Gasteiger partial charge is 0.173 e. The van der Waals surface area contributed by atoms with Crippen molar-refractivity contribution in [1.29, 1.82) is 0 Å². The number of hydrogen-bond donors (Lipinski definition) is 2. The van der Waals surface area contributed by atoms with Gasteiger partial charge in [0.05, 0.1) is 27.3 Å². The molecule has 1 aliphatic heterocycles. The van der Waals surface area contributed by atoms with E-state index in [1.54, 1.807) is 21.5 Å². The van der Waals surface area contributed by atoms with Gasteiger partial charge in [-0.2, -0.15) is 5.10 Å². The molecule has 0 aliphatic carbocycles. The highest BCUT2D eigenvalue weighted by Crippen LogP contribution is 2.36. The average molecular weight is 442 g/mol. The van der Waals surface area contributed by atoms with Crippen LogP contribution in [0.1, 0.15) is 19.5 Å². The SMILES string of the molecule is Cc1cn2cc(Nc3nn(C)c4cc(N5C[C@@H](C)N[C@@H](C)C5)cc(Cl)c34)cc(F)c2n1. The van der Waals surface area contributed by atoms with E-state index in [1.807, 2.05) is 20.0 Å². The molecule has 0 unspecified atom stereocenters. The van der Waals surface area contributed by atoms with Gasteiger partial charge >= 0.3 is 0 Å². The Morgan fingerprint density at radius 3 is 2.65 bits per heavy atom. The summed E-state index contributed by atoms with van der Waals surface area (Å²) in [4.78, 5) is 6.55. The highest BCUT2D eigenvalue weighted by Gasteiger charge is 2.23. The number of nitrogens with zero attached hydrogens (tertiary/aromatic N) is 5. The number of benzene rings is 1. The predicted octanol–water partition coefficient (Wildman–Crippen LogP) is 4.25. The van der Waals surface area contributed by atoms with E-state index in [-0.39, 0.29) is 0 Å². The van der Waals surface area contributed by atoms with Gasteiger partial charge in [0, 0.05) is 56.4 Å². The highest BCUT2D eigenvalue weighted by molar-refractivity contribution is 6.37. The van der Waals surface area contributed by atoms with E-state index >= 15 is 0 Å². The number of hydrogen-bond acceptors (Lipinski definition) is 5. The molecule has 0 bridgehead atoms. The predicted molar refractivity (Wildman–Crippen MR) is 123 cm³/mol. The Balaban J connectivity index is 1.53. The van der Waals surface area contributed by atoms with Crippen molar-refractivity contribution in [1.82, 2.24) is 24.5 Å². The summed E-state index contributed by atoms with van der Waals surface area (Å²) in [6.07, 6.45) is 3.58. The van der Waals surface area contributed by atoms with Crippen LogP contribution in [0.15, 0.2) is 30.6 Å². The molecule has 4 aromatic rings. The van der Waals surface area contributed by atoms with Crippen LogP contribution >= 0.6 is 11.6 Å². The van der Waals surface area contributed by atoms with Crippen molar-refractivity contribution in [2.45, 2.75) is 32.9 Å². The molecular weight excluding hydrogens is 417 g/mol. The molecule has 1 fully saturated rings. The van der Waals surface area contributed by atoms with Crippen LogP contribution in [-0.2, 0) is 7.05 Å². The first-order valence-electron chi connectivity index (χ1n) is 10.4. The molecule has 0 saturated carbocycles. The van der Waals surface area contributed by atoms with Gasteiger partial charge in [-0.15, -0.1) is 0 Å². The van der Waals surface area contributed by atoms with Gasteiger partial charge < -0.3 is 19.9 Å². The first kappa shape index (κ1) is 20.1. The Morgan fingerprint density at radius 1 is 1.16 bits per heavy atom. The van der Waals surface area contributed by atoms with Crippen molar-refractivity contribution in [3.05, 3.63) is 47.1 Å². The Bertz CT molecular complexity index is 1280. The number of pyridine rings is 1. The summed E-state index contributed by atoms with van der Waals surface area (Å²) in [5.74, 6) is 0.195. The quantitative estimate of drug-likeness (QED) is 0.497. The summed E-state index contributed by atoms with van der Waals surface area (Å²) in [5, 5.41) is 12.8. The zero-order valence-corrected chi connectivity index (χ0v) is 18.7. The Labute approximate surface area is 184 Å². The molecule has 1 aliphatic rings. The van der Waals surface area contributed by atoms with Crippen LogP contribution in [0.5, 0.6) is 0 Å². The number of aryl methyl sites for hydroxylation is 2. The zero-order chi connectivity index (χ0) is 21.9. The third kappa shape index (κ3) is 3.59. The number of imidazole rings is 1. The van der Waals surface area contributed by atoms with Gasteiger partial charge in [-0.1, -0.05) is 11.6 Å². The standard InChI is InChI=1S/C22H25ClFN7/c1-12-8-30(9-13(2)25-12)16-6-17(23)20-19(7-16)29(4)28-21(20)27-15-5-18(24)22-26-14(3)10-31(22)11-15/h5-7,10-13,25H,8-9H2,1-4H3,(H,27,28)/t12-,13+. The Hall–Kier alpha value is -2.84. The molecule has 1 aromatic carbocycles. The zero-order valence-electron chi connectivity index (χ0n) is 17.9. The molecule has 31 heavy (non-hydrogen) atoms. The third-order valence-electron chi connectivity index (χ3n) is 5.70. The summed E-state index contributed by atoms with van der Waals surface area (Å²) in [7, 11) is 1.89. The van der Waals surface area contributed by atoms with E-state index in [0.29, 0.717) is 34.3 Å². The van der Waals surface area contributed by atoms with Gasteiger partial charge in [0.25, 0.3) is 0 Å². The molecule has 0 radical (unpaired) electrons. The number of rotatable bonds is 3. The lowest BCUT2D eigenvalue weighted by Gasteiger charge is -2.37. The van der Waals surface area contributed by atoms with Crippen LogP contribution in [-0.4, -0.2) is 44.3 Å². The summed E-state index contributed by atoms with van der Waals surface area (Å²) >= 11 is 6.74. The lowest BCUT2D eigenvalue weighted by Crippen LogP contribution is -2.54. The van der Waals surface area contributed by atoms with Crippen LogP contribution in [0, 0.1) is 12.7 Å². The van der Waals surface area contributed by atoms with Gasteiger partial charge in [0.2, 0.25) is 0 Å². The molecule has 9 heteroatoms. The van der Waals surface area contributed by atoms with Crippen LogP contribution in [0.25, 0.3) is 16.6 Å². The van der Waals surface area contributed by atoms with Crippen molar-refractivity contribution in [3.8, 4) is 0 Å². The molecular formula is C22H25ClFN7. The first-order chi connectivity index (χ1) is 14.8. The summed E-state index contributed by atoms with van der Waals surface area (Å²) in [5.41, 5.74) is 3.63. The maximum atomic E-state index is 14.5. The molecule has 1 saturated heterocycles. The largest absolute Gasteiger partial charge is 0.368 e. The molecule has 3 aromatic heterocycles. The van der Waals surface area contributed by atoms with Gasteiger partial charge in [-0.3, -0.25) is 4.68 Å². The monoisotopic (exact) mass is 441 g/mol. The number of fused-ring (bicyclic) bond motifs is 2. The van der Waals surface area contributed by atoms with Gasteiger partial charge in [0.15, 0.2) is 17.3 Å². The number of aromatic nitrogens is 4. The van der Waals surface area contributed by atoms with E-state index in [9.17, 15) is 4.39 Å². The van der Waals surface area contributed by atoms with Crippen molar-refractivity contribution in [3.63, 3.8) is 0 Å². The second-order valence-electron chi connectivity index (χ2n) is 8.48. The average Bonchev–Trinajstić information content (AvgIpc) is 3.21. The number of halogens is 2. The number of piperazine rings is 1. The normalized spacial score (nSPS) is 19.5. The molecule has 0 spiro atoms.